The molecule has 2 aromatic rings. The maximum absolute atomic E-state index is 11.9. The minimum atomic E-state index is -1.03. The molecule has 2 heterocycles. The Kier molecular flexibility index (Phi) is 5.04. The topological polar surface area (TPSA) is 96.5 Å². The Morgan fingerprint density at radius 3 is 2.90 bits per heavy atom. The minimum Gasteiger partial charge on any atom is -0.480 e. The lowest BCUT2D eigenvalue weighted by atomic mass is 10.2. The van der Waals surface area contributed by atoms with Gasteiger partial charge in [0, 0.05) is 19.4 Å². The van der Waals surface area contributed by atoms with Gasteiger partial charge >= 0.3 is 5.97 Å². The molecule has 0 spiro atoms. The van der Waals surface area contributed by atoms with Gasteiger partial charge < -0.3 is 14.5 Å². The molecule has 0 aliphatic carbocycles. The summed E-state index contributed by atoms with van der Waals surface area (Å²) in [6.45, 7) is 1.80. The summed E-state index contributed by atoms with van der Waals surface area (Å²) in [5, 5.41) is 14.5. The van der Waals surface area contributed by atoms with Crippen LogP contribution >= 0.6 is 11.3 Å². The van der Waals surface area contributed by atoms with Gasteiger partial charge in [-0.2, -0.15) is 4.98 Å². The zero-order valence-corrected chi connectivity index (χ0v) is 12.3. The van der Waals surface area contributed by atoms with E-state index in [0.717, 1.165) is 4.88 Å². The molecule has 0 saturated heterocycles. The van der Waals surface area contributed by atoms with Crippen LogP contribution in [0.4, 0.5) is 0 Å². The van der Waals surface area contributed by atoms with E-state index >= 15 is 0 Å². The van der Waals surface area contributed by atoms with Crippen LogP contribution in [0.1, 0.15) is 19.2 Å². The number of carbonyl (C=O) groups excluding carboxylic acids is 1. The zero-order chi connectivity index (χ0) is 15.2. The maximum atomic E-state index is 11.9. The van der Waals surface area contributed by atoms with Crippen molar-refractivity contribution >= 4 is 23.2 Å². The van der Waals surface area contributed by atoms with Crippen LogP contribution in [-0.2, 0) is 16.0 Å². The van der Waals surface area contributed by atoms with Crippen molar-refractivity contribution in [3.8, 4) is 10.7 Å². The Morgan fingerprint density at radius 1 is 1.48 bits per heavy atom. The van der Waals surface area contributed by atoms with Crippen LogP contribution in [0.5, 0.6) is 0 Å². The number of carboxylic acids is 1. The van der Waals surface area contributed by atoms with Crippen molar-refractivity contribution in [2.24, 2.45) is 0 Å². The first-order valence-electron chi connectivity index (χ1n) is 6.46. The normalized spacial score (nSPS) is 10.5. The van der Waals surface area contributed by atoms with E-state index in [4.69, 9.17) is 9.63 Å². The Labute approximate surface area is 125 Å². The Morgan fingerprint density at radius 2 is 2.29 bits per heavy atom. The van der Waals surface area contributed by atoms with Crippen molar-refractivity contribution in [3.63, 3.8) is 0 Å². The van der Waals surface area contributed by atoms with Crippen molar-refractivity contribution in [1.29, 1.82) is 0 Å². The highest BCUT2D eigenvalue weighted by Crippen LogP contribution is 2.21. The smallest absolute Gasteiger partial charge is 0.323 e. The predicted molar refractivity (Wildman–Crippen MR) is 75.8 cm³/mol. The second-order valence-corrected chi connectivity index (χ2v) is 5.24. The number of carbonyl (C=O) groups is 2. The predicted octanol–water partition coefficient (Wildman–Crippen LogP) is 1.66. The fourth-order valence-corrected chi connectivity index (χ4v) is 2.42. The molecule has 0 radical (unpaired) electrons. The van der Waals surface area contributed by atoms with E-state index in [1.165, 1.54) is 16.2 Å². The molecule has 2 rings (SSSR count). The number of amides is 1. The van der Waals surface area contributed by atoms with E-state index in [-0.39, 0.29) is 18.9 Å². The molecule has 2 aromatic heterocycles. The van der Waals surface area contributed by atoms with Crippen molar-refractivity contribution in [3.05, 3.63) is 23.4 Å². The van der Waals surface area contributed by atoms with Crippen LogP contribution in [-0.4, -0.2) is 45.1 Å². The van der Waals surface area contributed by atoms with Gasteiger partial charge in [0.1, 0.15) is 6.54 Å². The second kappa shape index (κ2) is 6.98. The number of carboxylic acid groups (broad SMARTS) is 1. The van der Waals surface area contributed by atoms with Crippen molar-refractivity contribution in [2.45, 2.75) is 19.8 Å². The van der Waals surface area contributed by atoms with Gasteiger partial charge in [-0.05, 0) is 18.4 Å². The number of aromatic nitrogens is 2. The molecule has 0 aromatic carbocycles. The molecular weight excluding hydrogens is 294 g/mol. The quantitative estimate of drug-likeness (QED) is 0.835. The summed E-state index contributed by atoms with van der Waals surface area (Å²) >= 11 is 1.50. The average molecular weight is 309 g/mol. The number of hydrogen-bond acceptors (Lipinski definition) is 6. The van der Waals surface area contributed by atoms with Crippen molar-refractivity contribution < 1.29 is 19.2 Å². The largest absolute Gasteiger partial charge is 0.480 e. The highest BCUT2D eigenvalue weighted by molar-refractivity contribution is 7.13. The highest BCUT2D eigenvalue weighted by Gasteiger charge is 2.16. The van der Waals surface area contributed by atoms with Crippen LogP contribution in [0.15, 0.2) is 22.0 Å². The fourth-order valence-electron chi connectivity index (χ4n) is 1.77. The Hall–Kier alpha value is -2.22. The van der Waals surface area contributed by atoms with Gasteiger partial charge in [-0.25, -0.2) is 0 Å². The summed E-state index contributed by atoms with van der Waals surface area (Å²) in [4.78, 5) is 28.9. The molecule has 7 nitrogen and oxygen atoms in total. The number of nitrogens with zero attached hydrogens (tertiary/aromatic N) is 3. The summed E-state index contributed by atoms with van der Waals surface area (Å²) < 4.78 is 5.09. The zero-order valence-electron chi connectivity index (χ0n) is 11.5. The molecule has 21 heavy (non-hydrogen) atoms. The average Bonchev–Trinajstić information content (AvgIpc) is 3.12. The van der Waals surface area contributed by atoms with Gasteiger partial charge in [0.2, 0.25) is 17.6 Å². The monoisotopic (exact) mass is 309 g/mol. The number of hydrogen-bond donors (Lipinski definition) is 1. The number of likely N-dealkylation sites (N-methyl/N-ethyl adjacent to an activating group) is 1. The summed E-state index contributed by atoms with van der Waals surface area (Å²) in [6.07, 6.45) is 0.445. The molecule has 0 aliphatic heterocycles. The first-order valence-corrected chi connectivity index (χ1v) is 7.34. The van der Waals surface area contributed by atoms with Crippen molar-refractivity contribution in [1.82, 2.24) is 15.0 Å². The molecule has 0 fully saturated rings. The first-order chi connectivity index (χ1) is 10.1. The molecule has 8 heteroatoms. The molecule has 0 atom stereocenters. The number of thiophene rings is 1. The summed E-state index contributed by atoms with van der Waals surface area (Å²) in [5.41, 5.74) is 0. The Bertz CT molecular complexity index is 609. The van der Waals surface area contributed by atoms with Gasteiger partial charge in [0.25, 0.3) is 0 Å². The van der Waals surface area contributed by atoms with Crippen molar-refractivity contribution in [2.75, 3.05) is 13.1 Å². The minimum absolute atomic E-state index is 0.146. The third kappa shape index (κ3) is 4.12. The molecule has 1 N–H and O–H groups in total. The van der Waals surface area contributed by atoms with Gasteiger partial charge in [-0.15, -0.1) is 11.3 Å². The molecule has 0 unspecified atom stereocenters. The van der Waals surface area contributed by atoms with Crippen LogP contribution in [0.3, 0.4) is 0 Å². The van der Waals surface area contributed by atoms with Crippen LogP contribution in [0, 0.1) is 0 Å². The first kappa shape index (κ1) is 15.2. The molecule has 112 valence electrons. The Balaban J connectivity index is 1.91. The van der Waals surface area contributed by atoms with E-state index in [9.17, 15) is 9.59 Å². The lowest BCUT2D eigenvalue weighted by Gasteiger charge is -2.17. The lowest BCUT2D eigenvalue weighted by molar-refractivity contribution is -0.144. The number of aryl methyl sites for hydroxylation is 1. The summed E-state index contributed by atoms with van der Waals surface area (Å²) in [5.74, 6) is -0.387. The molecule has 0 aliphatic rings. The SMILES string of the molecule is CCN(CC(=O)O)C(=O)CCc1nc(-c2cccs2)no1. The molecular formula is C13H15N3O4S. The van der Waals surface area contributed by atoms with Gasteiger partial charge in [0.15, 0.2) is 0 Å². The standard InChI is InChI=1S/C13H15N3O4S/c1-2-16(8-12(18)19)11(17)6-5-10-14-13(15-20-10)9-4-3-7-21-9/h3-4,7H,2,5-6,8H2,1H3,(H,18,19). The third-order valence-electron chi connectivity index (χ3n) is 2.82. The fraction of sp³-hybridized carbons (Fsp3) is 0.385. The maximum Gasteiger partial charge on any atom is 0.323 e. The van der Waals surface area contributed by atoms with Crippen LogP contribution in [0.2, 0.25) is 0 Å². The van der Waals surface area contributed by atoms with E-state index in [1.807, 2.05) is 17.5 Å². The second-order valence-electron chi connectivity index (χ2n) is 4.29. The lowest BCUT2D eigenvalue weighted by Crippen LogP contribution is -2.35. The molecule has 0 saturated carbocycles. The van der Waals surface area contributed by atoms with Gasteiger partial charge in [-0.1, -0.05) is 11.2 Å². The summed E-state index contributed by atoms with van der Waals surface area (Å²) in [7, 11) is 0. The van der Waals surface area contributed by atoms with Gasteiger partial charge in [-0.3, -0.25) is 9.59 Å². The number of rotatable bonds is 7. The van der Waals surface area contributed by atoms with Crippen LogP contribution < -0.4 is 0 Å². The van der Waals surface area contributed by atoms with Gasteiger partial charge in [0.05, 0.1) is 4.88 Å². The third-order valence-corrected chi connectivity index (χ3v) is 3.69. The van der Waals surface area contributed by atoms with E-state index < -0.39 is 5.97 Å². The highest BCUT2D eigenvalue weighted by atomic mass is 32.1. The summed E-state index contributed by atoms with van der Waals surface area (Å²) in [6, 6.07) is 3.78. The van der Waals surface area contributed by atoms with E-state index in [1.54, 1.807) is 6.92 Å². The molecule has 1 amide bonds. The molecule has 0 bridgehead atoms. The number of aliphatic carboxylic acids is 1. The van der Waals surface area contributed by atoms with Crippen LogP contribution in [0.25, 0.3) is 10.7 Å². The van der Waals surface area contributed by atoms with E-state index in [0.29, 0.717) is 24.7 Å². The van der Waals surface area contributed by atoms with E-state index in [2.05, 4.69) is 10.1 Å².